The van der Waals surface area contributed by atoms with Gasteiger partial charge in [0, 0.05) is 26.1 Å². The topological polar surface area (TPSA) is 75.7 Å². The number of amides is 1. The smallest absolute Gasteiger partial charge is 0.242 e. The lowest BCUT2D eigenvalue weighted by Gasteiger charge is -2.21. The highest BCUT2D eigenvalue weighted by Gasteiger charge is 2.21. The van der Waals surface area contributed by atoms with E-state index in [1.165, 1.54) is 55.7 Å². The van der Waals surface area contributed by atoms with Gasteiger partial charge in [0.25, 0.3) is 0 Å². The number of carbonyl (C=O) groups excluding carboxylic acids is 1. The van der Waals surface area contributed by atoms with E-state index in [-0.39, 0.29) is 16.8 Å². The van der Waals surface area contributed by atoms with Crippen LogP contribution in [0.15, 0.2) is 29.2 Å². The third kappa shape index (κ3) is 6.81. The van der Waals surface area contributed by atoms with Gasteiger partial charge in [0.2, 0.25) is 15.9 Å². The van der Waals surface area contributed by atoms with Crippen molar-refractivity contribution in [3.8, 4) is 5.75 Å². The first-order valence-corrected chi connectivity index (χ1v) is 11.3. The van der Waals surface area contributed by atoms with Crippen molar-refractivity contribution in [1.29, 1.82) is 0 Å². The third-order valence-electron chi connectivity index (χ3n) is 5.11. The number of hydrogen-bond acceptors (Lipinski definition) is 4. The van der Waals surface area contributed by atoms with Crippen molar-refractivity contribution in [3.63, 3.8) is 0 Å². The van der Waals surface area contributed by atoms with Gasteiger partial charge >= 0.3 is 0 Å². The molecule has 6 nitrogen and oxygen atoms in total. The van der Waals surface area contributed by atoms with E-state index in [0.29, 0.717) is 25.1 Å². The van der Waals surface area contributed by atoms with Crippen LogP contribution in [0.3, 0.4) is 0 Å². The molecule has 0 atom stereocenters. The largest absolute Gasteiger partial charge is 0.497 e. The zero-order valence-corrected chi connectivity index (χ0v) is 17.3. The molecule has 0 heterocycles. The molecule has 1 aliphatic carbocycles. The summed E-state index contributed by atoms with van der Waals surface area (Å²) in [5.74, 6) is 0.637. The lowest BCUT2D eigenvalue weighted by Crippen LogP contribution is -2.36. The minimum Gasteiger partial charge on any atom is -0.497 e. The van der Waals surface area contributed by atoms with Gasteiger partial charge < -0.3 is 10.1 Å². The van der Waals surface area contributed by atoms with E-state index >= 15 is 0 Å². The normalized spacial score (nSPS) is 16.6. The Morgan fingerprint density at radius 2 is 1.70 bits per heavy atom. The second kappa shape index (κ2) is 10.7. The van der Waals surface area contributed by atoms with Crippen LogP contribution in [0.4, 0.5) is 0 Å². The number of hydrogen-bond donors (Lipinski definition) is 1. The molecular weight excluding hydrogens is 364 g/mol. The summed E-state index contributed by atoms with van der Waals surface area (Å²) >= 11 is 0. The first kappa shape index (κ1) is 21.7. The van der Waals surface area contributed by atoms with Gasteiger partial charge in [-0.05, 0) is 43.5 Å². The van der Waals surface area contributed by atoms with Crippen LogP contribution in [-0.4, -0.2) is 45.4 Å². The Morgan fingerprint density at radius 1 is 1.11 bits per heavy atom. The zero-order chi connectivity index (χ0) is 19.7. The van der Waals surface area contributed by atoms with Crippen LogP contribution >= 0.6 is 0 Å². The van der Waals surface area contributed by atoms with Gasteiger partial charge in [-0.15, -0.1) is 0 Å². The third-order valence-corrected chi connectivity index (χ3v) is 6.99. The van der Waals surface area contributed by atoms with Gasteiger partial charge in [0.05, 0.1) is 12.0 Å². The van der Waals surface area contributed by atoms with Gasteiger partial charge in [-0.3, -0.25) is 4.79 Å². The Hall–Kier alpha value is -1.60. The fourth-order valence-corrected chi connectivity index (χ4v) is 4.62. The Bertz CT molecular complexity index is 680. The number of rotatable bonds is 8. The first-order chi connectivity index (χ1) is 12.9. The summed E-state index contributed by atoms with van der Waals surface area (Å²) < 4.78 is 31.5. The molecule has 27 heavy (non-hydrogen) atoms. The summed E-state index contributed by atoms with van der Waals surface area (Å²) in [6.07, 6.45) is 9.11. The molecule has 0 unspecified atom stereocenters. The van der Waals surface area contributed by atoms with Crippen LogP contribution in [-0.2, 0) is 14.8 Å². The highest BCUT2D eigenvalue weighted by Crippen LogP contribution is 2.19. The van der Waals surface area contributed by atoms with Gasteiger partial charge in [-0.2, -0.15) is 0 Å². The predicted octanol–water partition coefficient (Wildman–Crippen LogP) is 3.33. The number of ether oxygens (including phenoxy) is 1. The van der Waals surface area contributed by atoms with Crippen molar-refractivity contribution in [2.24, 2.45) is 0 Å². The van der Waals surface area contributed by atoms with E-state index in [0.717, 1.165) is 12.8 Å². The second-order valence-electron chi connectivity index (χ2n) is 7.22. The van der Waals surface area contributed by atoms with E-state index in [4.69, 9.17) is 4.74 Å². The van der Waals surface area contributed by atoms with Crippen molar-refractivity contribution in [2.45, 2.75) is 68.7 Å². The Kier molecular flexibility index (Phi) is 8.57. The van der Waals surface area contributed by atoms with Crippen LogP contribution in [0.25, 0.3) is 0 Å². The second-order valence-corrected chi connectivity index (χ2v) is 9.26. The zero-order valence-electron chi connectivity index (χ0n) is 16.4. The maximum Gasteiger partial charge on any atom is 0.242 e. The molecule has 1 amide bonds. The van der Waals surface area contributed by atoms with Crippen LogP contribution in [0, 0.1) is 0 Å². The molecule has 1 fully saturated rings. The molecule has 0 aliphatic heterocycles. The predicted molar refractivity (Wildman–Crippen MR) is 106 cm³/mol. The lowest BCUT2D eigenvalue weighted by atomic mass is 9.96. The molecule has 0 saturated heterocycles. The summed E-state index contributed by atoms with van der Waals surface area (Å²) in [6.45, 7) is 0.312. The van der Waals surface area contributed by atoms with Crippen LogP contribution < -0.4 is 10.1 Å². The molecule has 1 aliphatic rings. The molecule has 1 aromatic carbocycles. The minimum atomic E-state index is -3.55. The van der Waals surface area contributed by atoms with Crippen molar-refractivity contribution >= 4 is 15.9 Å². The Labute approximate surface area is 163 Å². The summed E-state index contributed by atoms with van der Waals surface area (Å²) in [5.41, 5.74) is 0. The molecule has 1 N–H and O–H groups in total. The highest BCUT2D eigenvalue weighted by atomic mass is 32.2. The average molecular weight is 397 g/mol. The van der Waals surface area contributed by atoms with Gasteiger partial charge in [0.1, 0.15) is 5.75 Å². The SMILES string of the molecule is COc1ccc(S(=O)(=O)N(C)CCCC(=O)NC2CCCCCCC2)cc1. The van der Waals surface area contributed by atoms with E-state index in [2.05, 4.69) is 5.32 Å². The van der Waals surface area contributed by atoms with E-state index in [1.807, 2.05) is 0 Å². The lowest BCUT2D eigenvalue weighted by molar-refractivity contribution is -0.122. The highest BCUT2D eigenvalue weighted by molar-refractivity contribution is 7.89. The molecule has 1 saturated carbocycles. The molecule has 2 rings (SSSR count). The number of benzene rings is 1. The average Bonchev–Trinajstić information content (AvgIpc) is 2.63. The first-order valence-electron chi connectivity index (χ1n) is 9.83. The van der Waals surface area contributed by atoms with Gasteiger partial charge in [0.15, 0.2) is 0 Å². The maximum atomic E-state index is 12.6. The van der Waals surface area contributed by atoms with Crippen LogP contribution in [0.1, 0.15) is 57.8 Å². The summed E-state index contributed by atoms with van der Waals surface area (Å²) in [7, 11) is -0.465. The molecular formula is C20H32N2O4S. The fraction of sp³-hybridized carbons (Fsp3) is 0.650. The van der Waals surface area contributed by atoms with Gasteiger partial charge in [-0.25, -0.2) is 12.7 Å². The monoisotopic (exact) mass is 396 g/mol. The molecule has 7 heteroatoms. The standard InChI is InChI=1S/C20H32N2O4S/c1-22(27(24,25)19-14-12-18(26-2)13-15-19)16-8-11-20(23)21-17-9-6-4-3-5-7-10-17/h12-15,17H,3-11,16H2,1-2H3,(H,21,23). The van der Waals surface area contributed by atoms with Crippen molar-refractivity contribution < 1.29 is 17.9 Å². The minimum absolute atomic E-state index is 0.0239. The van der Waals surface area contributed by atoms with Crippen LogP contribution in [0.5, 0.6) is 5.75 Å². The molecule has 0 radical (unpaired) electrons. The summed E-state index contributed by atoms with van der Waals surface area (Å²) in [4.78, 5) is 12.4. The molecule has 152 valence electrons. The van der Waals surface area contributed by atoms with Gasteiger partial charge in [-0.1, -0.05) is 32.1 Å². The molecule has 0 bridgehead atoms. The molecule has 1 aromatic rings. The quantitative estimate of drug-likeness (QED) is 0.731. The molecule has 0 spiro atoms. The van der Waals surface area contributed by atoms with Crippen LogP contribution in [0.2, 0.25) is 0 Å². The van der Waals surface area contributed by atoms with Crippen molar-refractivity contribution in [3.05, 3.63) is 24.3 Å². The number of sulfonamides is 1. The van der Waals surface area contributed by atoms with E-state index in [9.17, 15) is 13.2 Å². The number of carbonyl (C=O) groups is 1. The summed E-state index contributed by atoms with van der Waals surface area (Å²) in [6, 6.07) is 6.60. The molecule has 0 aromatic heterocycles. The van der Waals surface area contributed by atoms with E-state index in [1.54, 1.807) is 19.2 Å². The Morgan fingerprint density at radius 3 is 2.30 bits per heavy atom. The number of methoxy groups -OCH3 is 1. The maximum absolute atomic E-state index is 12.6. The summed E-state index contributed by atoms with van der Waals surface area (Å²) in [5, 5.41) is 3.12. The fourth-order valence-electron chi connectivity index (χ4n) is 3.41. The van der Waals surface area contributed by atoms with Crippen molar-refractivity contribution in [1.82, 2.24) is 9.62 Å². The van der Waals surface area contributed by atoms with Crippen molar-refractivity contribution in [2.75, 3.05) is 20.7 Å². The number of nitrogens with one attached hydrogen (secondary N) is 1. The van der Waals surface area contributed by atoms with E-state index < -0.39 is 10.0 Å². The Balaban J connectivity index is 1.78. The number of nitrogens with zero attached hydrogens (tertiary/aromatic N) is 1.